The van der Waals surface area contributed by atoms with Crippen molar-refractivity contribution in [3.05, 3.63) is 52.5 Å². The van der Waals surface area contributed by atoms with Gasteiger partial charge in [0.05, 0.1) is 12.6 Å². The molecule has 2 aromatic carbocycles. The molecule has 140 valence electrons. The predicted molar refractivity (Wildman–Crippen MR) is 106 cm³/mol. The van der Waals surface area contributed by atoms with E-state index in [1.807, 2.05) is 52.0 Å². The maximum Gasteiger partial charge on any atom is 0.319 e. The van der Waals surface area contributed by atoms with Crippen LogP contribution in [0.3, 0.4) is 0 Å². The van der Waals surface area contributed by atoms with E-state index in [9.17, 15) is 4.79 Å². The first-order valence-corrected chi connectivity index (χ1v) is 8.94. The number of ether oxygens (including phenoxy) is 2. The molecule has 0 aromatic heterocycles. The van der Waals surface area contributed by atoms with E-state index in [0.717, 1.165) is 27.6 Å². The van der Waals surface area contributed by atoms with Gasteiger partial charge in [-0.15, -0.1) is 0 Å². The fourth-order valence-corrected chi connectivity index (χ4v) is 2.50. The number of hydrogen-bond acceptors (Lipinski definition) is 3. The molecular formula is C20H25ClN2O3. The molecule has 0 saturated heterocycles. The molecule has 0 unspecified atom stereocenters. The molecule has 0 saturated carbocycles. The SMILES string of the molecule is Cc1cc(OCCNC(=O)Nc2ccc(OC(C)C)cc2)cc(C)c1Cl. The fraction of sp³-hybridized carbons (Fsp3) is 0.350. The second-order valence-electron chi connectivity index (χ2n) is 6.29. The standard InChI is InChI=1S/C20H25ClN2O3/c1-13(2)26-17-7-5-16(6-8-17)23-20(24)22-9-10-25-18-11-14(3)19(21)15(4)12-18/h5-8,11-13H,9-10H2,1-4H3,(H2,22,23,24). The zero-order chi connectivity index (χ0) is 19.1. The Bertz CT molecular complexity index is 722. The van der Waals surface area contributed by atoms with E-state index in [1.165, 1.54) is 0 Å². The summed E-state index contributed by atoms with van der Waals surface area (Å²) in [7, 11) is 0. The van der Waals surface area contributed by atoms with Crippen molar-refractivity contribution in [2.45, 2.75) is 33.8 Å². The lowest BCUT2D eigenvalue weighted by molar-refractivity contribution is 0.242. The summed E-state index contributed by atoms with van der Waals surface area (Å²) in [4.78, 5) is 11.9. The molecular weight excluding hydrogens is 352 g/mol. The molecule has 0 fully saturated rings. The Morgan fingerprint density at radius 2 is 1.69 bits per heavy atom. The minimum Gasteiger partial charge on any atom is -0.492 e. The van der Waals surface area contributed by atoms with Crippen LogP contribution in [-0.4, -0.2) is 25.3 Å². The van der Waals surface area contributed by atoms with Gasteiger partial charge in [-0.05, 0) is 75.2 Å². The van der Waals surface area contributed by atoms with E-state index in [2.05, 4.69) is 10.6 Å². The van der Waals surface area contributed by atoms with Gasteiger partial charge in [0.15, 0.2) is 0 Å². The van der Waals surface area contributed by atoms with E-state index >= 15 is 0 Å². The third-order valence-corrected chi connectivity index (χ3v) is 4.15. The number of urea groups is 1. The second-order valence-corrected chi connectivity index (χ2v) is 6.67. The summed E-state index contributed by atoms with van der Waals surface area (Å²) in [5, 5.41) is 6.27. The topological polar surface area (TPSA) is 59.6 Å². The Hall–Kier alpha value is -2.40. The molecule has 0 aliphatic rings. The molecule has 0 atom stereocenters. The molecule has 5 nitrogen and oxygen atoms in total. The van der Waals surface area contributed by atoms with Gasteiger partial charge in [-0.2, -0.15) is 0 Å². The van der Waals surface area contributed by atoms with Crippen LogP contribution in [0.1, 0.15) is 25.0 Å². The van der Waals surface area contributed by atoms with Gasteiger partial charge in [-0.1, -0.05) is 11.6 Å². The van der Waals surface area contributed by atoms with Gasteiger partial charge in [0.1, 0.15) is 18.1 Å². The highest BCUT2D eigenvalue weighted by Crippen LogP contribution is 2.25. The first-order chi connectivity index (χ1) is 12.3. The summed E-state index contributed by atoms with van der Waals surface area (Å²) in [6, 6.07) is 10.7. The summed E-state index contributed by atoms with van der Waals surface area (Å²) in [5.41, 5.74) is 2.64. The number of hydrogen-bond donors (Lipinski definition) is 2. The Kier molecular flexibility index (Phi) is 7.16. The monoisotopic (exact) mass is 376 g/mol. The average molecular weight is 377 g/mol. The van der Waals surface area contributed by atoms with Crippen molar-refractivity contribution in [1.82, 2.24) is 5.32 Å². The normalized spacial score (nSPS) is 10.5. The van der Waals surface area contributed by atoms with Gasteiger partial charge in [0, 0.05) is 10.7 Å². The minimum atomic E-state index is -0.283. The van der Waals surface area contributed by atoms with Gasteiger partial charge in [-0.25, -0.2) is 4.79 Å². The smallest absolute Gasteiger partial charge is 0.319 e. The summed E-state index contributed by atoms with van der Waals surface area (Å²) in [5.74, 6) is 1.51. The maximum absolute atomic E-state index is 11.9. The van der Waals surface area contributed by atoms with Crippen molar-refractivity contribution in [1.29, 1.82) is 0 Å². The van der Waals surface area contributed by atoms with Gasteiger partial charge in [-0.3, -0.25) is 0 Å². The summed E-state index contributed by atoms with van der Waals surface area (Å²) < 4.78 is 11.2. The summed E-state index contributed by atoms with van der Waals surface area (Å²) in [6.45, 7) is 8.57. The van der Waals surface area contributed by atoms with Gasteiger partial charge >= 0.3 is 6.03 Å². The van der Waals surface area contributed by atoms with Crippen LogP contribution < -0.4 is 20.1 Å². The molecule has 2 aromatic rings. The van der Waals surface area contributed by atoms with Gasteiger partial charge in [0.2, 0.25) is 0 Å². The Morgan fingerprint density at radius 3 is 2.27 bits per heavy atom. The van der Waals surface area contributed by atoms with Crippen LogP contribution in [0.15, 0.2) is 36.4 Å². The van der Waals surface area contributed by atoms with Crippen LogP contribution in [0.5, 0.6) is 11.5 Å². The molecule has 2 amide bonds. The van der Waals surface area contributed by atoms with Crippen LogP contribution in [0.2, 0.25) is 5.02 Å². The van der Waals surface area contributed by atoms with Crippen molar-refractivity contribution < 1.29 is 14.3 Å². The third-order valence-electron chi connectivity index (χ3n) is 3.55. The molecule has 6 heteroatoms. The molecule has 0 heterocycles. The number of nitrogens with one attached hydrogen (secondary N) is 2. The molecule has 2 N–H and O–H groups in total. The zero-order valence-electron chi connectivity index (χ0n) is 15.6. The minimum absolute atomic E-state index is 0.116. The number of carbonyl (C=O) groups excluding carboxylic acids is 1. The zero-order valence-corrected chi connectivity index (χ0v) is 16.3. The summed E-state index contributed by atoms with van der Waals surface area (Å²) >= 11 is 6.14. The number of rotatable bonds is 7. The second kappa shape index (κ2) is 9.34. The highest BCUT2D eigenvalue weighted by molar-refractivity contribution is 6.32. The van der Waals surface area contributed by atoms with Crippen LogP contribution in [0.25, 0.3) is 0 Å². The Labute approximate surface area is 159 Å². The largest absolute Gasteiger partial charge is 0.492 e. The van der Waals surface area contributed by atoms with Crippen LogP contribution in [-0.2, 0) is 0 Å². The lowest BCUT2D eigenvalue weighted by Gasteiger charge is -2.12. The van der Waals surface area contributed by atoms with E-state index in [4.69, 9.17) is 21.1 Å². The Balaban J connectivity index is 1.73. The number of anilines is 1. The predicted octanol–water partition coefficient (Wildman–Crippen LogP) is 4.94. The van der Waals surface area contributed by atoms with E-state index in [1.54, 1.807) is 12.1 Å². The lowest BCUT2D eigenvalue weighted by atomic mass is 10.1. The number of halogens is 1. The van der Waals surface area contributed by atoms with Crippen LogP contribution in [0.4, 0.5) is 10.5 Å². The number of aryl methyl sites for hydroxylation is 2. The third kappa shape index (κ3) is 6.15. The van der Waals surface area contributed by atoms with Crippen molar-refractivity contribution in [3.63, 3.8) is 0 Å². The highest BCUT2D eigenvalue weighted by Gasteiger charge is 2.05. The van der Waals surface area contributed by atoms with Crippen molar-refractivity contribution in [2.24, 2.45) is 0 Å². The molecule has 2 rings (SSSR count). The molecule has 0 aliphatic heterocycles. The molecule has 0 bridgehead atoms. The average Bonchev–Trinajstić information content (AvgIpc) is 2.58. The lowest BCUT2D eigenvalue weighted by Crippen LogP contribution is -2.32. The summed E-state index contributed by atoms with van der Waals surface area (Å²) in [6.07, 6.45) is 0.116. The Morgan fingerprint density at radius 1 is 1.08 bits per heavy atom. The molecule has 0 spiro atoms. The first kappa shape index (κ1) is 19.9. The number of benzene rings is 2. The van der Waals surface area contributed by atoms with E-state index < -0.39 is 0 Å². The number of amides is 2. The highest BCUT2D eigenvalue weighted by atomic mass is 35.5. The number of carbonyl (C=O) groups is 1. The molecule has 0 radical (unpaired) electrons. The van der Waals surface area contributed by atoms with Crippen LogP contribution >= 0.6 is 11.6 Å². The van der Waals surface area contributed by atoms with E-state index in [0.29, 0.717) is 18.8 Å². The fourth-order valence-electron chi connectivity index (χ4n) is 2.39. The van der Waals surface area contributed by atoms with E-state index in [-0.39, 0.29) is 12.1 Å². The maximum atomic E-state index is 11.9. The molecule has 26 heavy (non-hydrogen) atoms. The van der Waals surface area contributed by atoms with Crippen LogP contribution in [0, 0.1) is 13.8 Å². The van der Waals surface area contributed by atoms with Gasteiger partial charge in [0.25, 0.3) is 0 Å². The quantitative estimate of drug-likeness (QED) is 0.672. The van der Waals surface area contributed by atoms with Crippen molar-refractivity contribution in [2.75, 3.05) is 18.5 Å². The van der Waals surface area contributed by atoms with Gasteiger partial charge < -0.3 is 20.1 Å². The van der Waals surface area contributed by atoms with Crippen molar-refractivity contribution in [3.8, 4) is 11.5 Å². The molecule has 0 aliphatic carbocycles. The first-order valence-electron chi connectivity index (χ1n) is 8.56. The van der Waals surface area contributed by atoms with Crippen molar-refractivity contribution >= 4 is 23.3 Å².